The van der Waals surface area contributed by atoms with Crippen LogP contribution in [0.5, 0.6) is 0 Å². The molecule has 1 aliphatic carbocycles. The lowest BCUT2D eigenvalue weighted by atomic mass is 9.87. The molecule has 0 amide bonds. The van der Waals surface area contributed by atoms with Crippen LogP contribution in [0.25, 0.3) is 0 Å². The predicted octanol–water partition coefficient (Wildman–Crippen LogP) is 2.45. The monoisotopic (exact) mass is 219 g/mol. The van der Waals surface area contributed by atoms with Gasteiger partial charge in [0.1, 0.15) is 5.82 Å². The van der Waals surface area contributed by atoms with Gasteiger partial charge in [-0.2, -0.15) is 0 Å². The van der Waals surface area contributed by atoms with Gasteiger partial charge in [0, 0.05) is 18.8 Å². The molecule has 0 bridgehead atoms. The van der Waals surface area contributed by atoms with Gasteiger partial charge >= 0.3 is 0 Å². The summed E-state index contributed by atoms with van der Waals surface area (Å²) in [5.74, 6) is 1.73. The van der Waals surface area contributed by atoms with Gasteiger partial charge in [-0.1, -0.05) is 19.8 Å². The highest BCUT2D eigenvalue weighted by Crippen LogP contribution is 2.23. The van der Waals surface area contributed by atoms with Gasteiger partial charge in [-0.05, 0) is 31.7 Å². The van der Waals surface area contributed by atoms with Crippen molar-refractivity contribution in [3.8, 4) is 0 Å². The summed E-state index contributed by atoms with van der Waals surface area (Å²) in [6.07, 6.45) is 7.22. The molecule has 2 atom stereocenters. The van der Waals surface area contributed by atoms with E-state index in [-0.39, 0.29) is 0 Å². The van der Waals surface area contributed by atoms with Crippen LogP contribution in [0, 0.1) is 12.8 Å². The standard InChI is InChI=1S/C13H21N3/c1-10-4-3-5-12(8-10)15-9-13-6-7-14-11(2)16-13/h6-7,10,12,15H,3-5,8-9H2,1-2H3. The fraction of sp³-hybridized carbons (Fsp3) is 0.692. The second kappa shape index (κ2) is 5.39. The van der Waals surface area contributed by atoms with E-state index in [0.29, 0.717) is 6.04 Å². The summed E-state index contributed by atoms with van der Waals surface area (Å²) in [6, 6.07) is 2.67. The summed E-state index contributed by atoms with van der Waals surface area (Å²) in [5.41, 5.74) is 1.10. The van der Waals surface area contributed by atoms with Crippen LogP contribution < -0.4 is 5.32 Å². The lowest BCUT2D eigenvalue weighted by Gasteiger charge is -2.27. The van der Waals surface area contributed by atoms with Gasteiger partial charge in [-0.3, -0.25) is 0 Å². The third-order valence-corrected chi connectivity index (χ3v) is 3.34. The Hall–Kier alpha value is -0.960. The summed E-state index contributed by atoms with van der Waals surface area (Å²) in [4.78, 5) is 8.51. The first-order chi connectivity index (χ1) is 7.74. The van der Waals surface area contributed by atoms with E-state index in [1.807, 2.05) is 19.2 Å². The third kappa shape index (κ3) is 3.27. The summed E-state index contributed by atoms with van der Waals surface area (Å²) in [5, 5.41) is 3.61. The summed E-state index contributed by atoms with van der Waals surface area (Å²) < 4.78 is 0. The number of aryl methyl sites for hydroxylation is 1. The zero-order chi connectivity index (χ0) is 11.4. The fourth-order valence-corrected chi connectivity index (χ4v) is 2.47. The normalized spacial score (nSPS) is 25.6. The first-order valence-electron chi connectivity index (χ1n) is 6.26. The predicted molar refractivity (Wildman–Crippen MR) is 65.0 cm³/mol. The summed E-state index contributed by atoms with van der Waals surface area (Å²) in [6.45, 7) is 5.16. The number of hydrogen-bond acceptors (Lipinski definition) is 3. The minimum Gasteiger partial charge on any atom is -0.308 e. The van der Waals surface area contributed by atoms with E-state index in [2.05, 4.69) is 22.2 Å². The van der Waals surface area contributed by atoms with E-state index in [1.54, 1.807) is 0 Å². The molecule has 1 aromatic rings. The summed E-state index contributed by atoms with van der Waals surface area (Å²) >= 11 is 0. The molecule has 1 heterocycles. The molecule has 0 aromatic carbocycles. The highest BCUT2D eigenvalue weighted by atomic mass is 15.0. The molecule has 88 valence electrons. The van der Waals surface area contributed by atoms with Crippen LogP contribution >= 0.6 is 0 Å². The Labute approximate surface area is 97.7 Å². The molecule has 3 heteroatoms. The molecule has 2 unspecified atom stereocenters. The summed E-state index contributed by atoms with van der Waals surface area (Å²) in [7, 11) is 0. The van der Waals surface area contributed by atoms with E-state index in [1.165, 1.54) is 25.7 Å². The smallest absolute Gasteiger partial charge is 0.125 e. The van der Waals surface area contributed by atoms with Crippen molar-refractivity contribution in [1.82, 2.24) is 15.3 Å². The average Bonchev–Trinajstić information content (AvgIpc) is 2.27. The van der Waals surface area contributed by atoms with Crippen LogP contribution in [0.3, 0.4) is 0 Å². The molecule has 1 aliphatic rings. The van der Waals surface area contributed by atoms with Gasteiger partial charge in [-0.15, -0.1) is 0 Å². The van der Waals surface area contributed by atoms with Crippen molar-refractivity contribution >= 4 is 0 Å². The van der Waals surface area contributed by atoms with E-state index >= 15 is 0 Å². The van der Waals surface area contributed by atoms with Gasteiger partial charge in [0.15, 0.2) is 0 Å². The fourth-order valence-electron chi connectivity index (χ4n) is 2.47. The van der Waals surface area contributed by atoms with Crippen LogP contribution in [-0.4, -0.2) is 16.0 Å². The molecule has 1 fully saturated rings. The van der Waals surface area contributed by atoms with E-state index < -0.39 is 0 Å². The number of rotatable bonds is 3. The van der Waals surface area contributed by atoms with Crippen LogP contribution in [0.2, 0.25) is 0 Å². The van der Waals surface area contributed by atoms with Crippen LogP contribution in [0.4, 0.5) is 0 Å². The van der Waals surface area contributed by atoms with E-state index in [9.17, 15) is 0 Å². The Kier molecular flexibility index (Phi) is 3.88. The van der Waals surface area contributed by atoms with Crippen LogP contribution in [0.15, 0.2) is 12.3 Å². The van der Waals surface area contributed by atoms with Gasteiger partial charge in [0.25, 0.3) is 0 Å². The molecule has 0 aliphatic heterocycles. The quantitative estimate of drug-likeness (QED) is 0.848. The molecule has 1 saturated carbocycles. The number of nitrogens with zero attached hydrogens (tertiary/aromatic N) is 2. The Morgan fingerprint density at radius 1 is 1.44 bits per heavy atom. The molecular formula is C13H21N3. The number of nitrogens with one attached hydrogen (secondary N) is 1. The van der Waals surface area contributed by atoms with Crippen molar-refractivity contribution in [2.45, 2.75) is 52.1 Å². The number of hydrogen-bond donors (Lipinski definition) is 1. The van der Waals surface area contributed by atoms with Crippen molar-refractivity contribution in [3.63, 3.8) is 0 Å². The maximum Gasteiger partial charge on any atom is 0.125 e. The average molecular weight is 219 g/mol. The second-order valence-corrected chi connectivity index (χ2v) is 4.94. The Morgan fingerprint density at radius 3 is 3.06 bits per heavy atom. The van der Waals surface area contributed by atoms with Crippen molar-refractivity contribution < 1.29 is 0 Å². The maximum atomic E-state index is 4.40. The second-order valence-electron chi connectivity index (χ2n) is 4.94. The molecule has 3 nitrogen and oxygen atoms in total. The number of aromatic nitrogens is 2. The molecule has 2 rings (SSSR count). The molecule has 1 N–H and O–H groups in total. The van der Waals surface area contributed by atoms with Crippen molar-refractivity contribution in [3.05, 3.63) is 23.8 Å². The molecule has 0 saturated heterocycles. The SMILES string of the molecule is Cc1nccc(CNC2CCCC(C)C2)n1. The van der Waals surface area contributed by atoms with E-state index in [4.69, 9.17) is 0 Å². The van der Waals surface area contributed by atoms with Gasteiger partial charge in [0.2, 0.25) is 0 Å². The van der Waals surface area contributed by atoms with Crippen molar-refractivity contribution in [2.75, 3.05) is 0 Å². The minimum absolute atomic E-state index is 0.680. The topological polar surface area (TPSA) is 37.8 Å². The van der Waals surface area contributed by atoms with Gasteiger partial charge in [-0.25, -0.2) is 9.97 Å². The highest BCUT2D eigenvalue weighted by Gasteiger charge is 2.18. The lowest BCUT2D eigenvalue weighted by molar-refractivity contribution is 0.300. The largest absolute Gasteiger partial charge is 0.308 e. The van der Waals surface area contributed by atoms with Gasteiger partial charge < -0.3 is 5.32 Å². The molecule has 1 aromatic heterocycles. The lowest BCUT2D eigenvalue weighted by Crippen LogP contribution is -2.33. The Morgan fingerprint density at radius 2 is 2.31 bits per heavy atom. The molecule has 0 radical (unpaired) electrons. The minimum atomic E-state index is 0.680. The first kappa shape index (κ1) is 11.5. The highest BCUT2D eigenvalue weighted by molar-refractivity contribution is 5.01. The Balaban J connectivity index is 1.82. The third-order valence-electron chi connectivity index (χ3n) is 3.34. The van der Waals surface area contributed by atoms with Crippen LogP contribution in [0.1, 0.15) is 44.1 Å². The maximum absolute atomic E-state index is 4.40. The molecule has 16 heavy (non-hydrogen) atoms. The zero-order valence-corrected chi connectivity index (χ0v) is 10.2. The first-order valence-corrected chi connectivity index (χ1v) is 6.26. The molecule has 0 spiro atoms. The van der Waals surface area contributed by atoms with Gasteiger partial charge in [0.05, 0.1) is 5.69 Å². The van der Waals surface area contributed by atoms with Crippen molar-refractivity contribution in [2.24, 2.45) is 5.92 Å². The van der Waals surface area contributed by atoms with Crippen LogP contribution in [-0.2, 0) is 6.54 Å². The van der Waals surface area contributed by atoms with Crippen molar-refractivity contribution in [1.29, 1.82) is 0 Å². The molecular weight excluding hydrogens is 198 g/mol. The zero-order valence-electron chi connectivity index (χ0n) is 10.2. The van der Waals surface area contributed by atoms with E-state index in [0.717, 1.165) is 24.0 Å². The Bertz CT molecular complexity index is 338.